The highest BCUT2D eigenvalue weighted by molar-refractivity contribution is 5.96. The van der Waals surface area contributed by atoms with Gasteiger partial charge in [-0.15, -0.1) is 0 Å². The van der Waals surface area contributed by atoms with Gasteiger partial charge in [0.1, 0.15) is 12.1 Å². The molecule has 148 valence electrons. The lowest BCUT2D eigenvalue weighted by Gasteiger charge is -2.23. The standard InChI is InChI=1S/C23H26FNO3/c1-6-28-23(27)20-19(14(2)3)18(8-7-13-26)22(25-21(20)15(4)5)16-9-11-17(24)12-10-16/h7-15H,6H2,1-5H3/b8-7+. The summed E-state index contributed by atoms with van der Waals surface area (Å²) in [7, 11) is 0. The molecular weight excluding hydrogens is 357 g/mol. The summed E-state index contributed by atoms with van der Waals surface area (Å²) in [4.78, 5) is 28.6. The van der Waals surface area contributed by atoms with Gasteiger partial charge in [-0.3, -0.25) is 9.78 Å². The highest BCUT2D eigenvalue weighted by Gasteiger charge is 2.27. The molecule has 0 saturated heterocycles. The molecule has 0 bridgehead atoms. The summed E-state index contributed by atoms with van der Waals surface area (Å²) < 4.78 is 18.7. The van der Waals surface area contributed by atoms with Crippen molar-refractivity contribution in [1.82, 2.24) is 4.98 Å². The second-order valence-electron chi connectivity index (χ2n) is 7.08. The highest BCUT2D eigenvalue weighted by atomic mass is 19.1. The molecule has 1 heterocycles. The first-order valence-corrected chi connectivity index (χ1v) is 9.44. The smallest absolute Gasteiger partial charge is 0.340 e. The van der Waals surface area contributed by atoms with Crippen molar-refractivity contribution in [1.29, 1.82) is 0 Å². The Morgan fingerprint density at radius 1 is 1.14 bits per heavy atom. The molecule has 0 radical (unpaired) electrons. The molecule has 1 aromatic heterocycles. The summed E-state index contributed by atoms with van der Waals surface area (Å²) in [6, 6.07) is 6.03. The van der Waals surface area contributed by atoms with Crippen molar-refractivity contribution < 1.29 is 18.7 Å². The number of rotatable bonds is 7. The third kappa shape index (κ3) is 4.53. The molecule has 0 aliphatic heterocycles. The van der Waals surface area contributed by atoms with Gasteiger partial charge >= 0.3 is 5.97 Å². The van der Waals surface area contributed by atoms with Crippen LogP contribution in [-0.2, 0) is 9.53 Å². The van der Waals surface area contributed by atoms with Gasteiger partial charge in [-0.25, -0.2) is 9.18 Å². The number of carbonyl (C=O) groups is 2. The maximum Gasteiger partial charge on any atom is 0.340 e. The average molecular weight is 383 g/mol. The fourth-order valence-corrected chi connectivity index (χ4v) is 3.20. The van der Waals surface area contributed by atoms with Crippen LogP contribution in [0.15, 0.2) is 30.3 Å². The lowest BCUT2D eigenvalue weighted by atomic mass is 9.86. The lowest BCUT2D eigenvalue weighted by molar-refractivity contribution is -0.104. The number of hydrogen-bond donors (Lipinski definition) is 0. The van der Waals surface area contributed by atoms with Crippen LogP contribution in [0.1, 0.15) is 73.6 Å². The highest BCUT2D eigenvalue weighted by Crippen LogP contribution is 2.36. The molecule has 0 N–H and O–H groups in total. The summed E-state index contributed by atoms with van der Waals surface area (Å²) in [5, 5.41) is 0. The zero-order valence-electron chi connectivity index (χ0n) is 17.0. The van der Waals surface area contributed by atoms with E-state index in [0.29, 0.717) is 34.4 Å². The van der Waals surface area contributed by atoms with Crippen LogP contribution in [0.5, 0.6) is 0 Å². The van der Waals surface area contributed by atoms with Gasteiger partial charge in [0.2, 0.25) is 0 Å². The topological polar surface area (TPSA) is 56.3 Å². The van der Waals surface area contributed by atoms with Crippen LogP contribution in [-0.4, -0.2) is 23.8 Å². The second-order valence-corrected chi connectivity index (χ2v) is 7.08. The first kappa shape index (κ1) is 21.5. The predicted molar refractivity (Wildman–Crippen MR) is 109 cm³/mol. The van der Waals surface area contributed by atoms with E-state index in [9.17, 15) is 14.0 Å². The van der Waals surface area contributed by atoms with E-state index in [1.165, 1.54) is 18.2 Å². The quantitative estimate of drug-likeness (QED) is 0.359. The SMILES string of the molecule is CCOC(=O)c1c(C(C)C)nc(-c2ccc(F)cc2)c(/C=C/C=O)c1C(C)C. The number of carbonyl (C=O) groups excluding carboxylic acids is 2. The van der Waals surface area contributed by atoms with Crippen molar-refractivity contribution in [3.05, 3.63) is 58.5 Å². The third-order valence-electron chi connectivity index (χ3n) is 4.37. The van der Waals surface area contributed by atoms with Gasteiger partial charge in [-0.2, -0.15) is 0 Å². The molecule has 5 heteroatoms. The normalized spacial score (nSPS) is 11.4. The molecule has 28 heavy (non-hydrogen) atoms. The van der Waals surface area contributed by atoms with Crippen molar-refractivity contribution in [3.8, 4) is 11.3 Å². The number of pyridine rings is 1. The lowest BCUT2D eigenvalue weighted by Crippen LogP contribution is -2.17. The molecule has 0 spiro atoms. The van der Waals surface area contributed by atoms with Gasteiger partial charge in [0.05, 0.1) is 23.6 Å². The van der Waals surface area contributed by atoms with Gasteiger partial charge < -0.3 is 4.74 Å². The Labute approximate surface area is 165 Å². The number of nitrogens with zero attached hydrogens (tertiary/aromatic N) is 1. The molecule has 1 aromatic carbocycles. The van der Waals surface area contributed by atoms with Crippen molar-refractivity contribution >= 4 is 18.3 Å². The molecule has 0 saturated carbocycles. The number of hydrogen-bond acceptors (Lipinski definition) is 4. The minimum Gasteiger partial charge on any atom is -0.462 e. The van der Waals surface area contributed by atoms with Crippen molar-refractivity contribution in [2.45, 2.75) is 46.5 Å². The molecule has 4 nitrogen and oxygen atoms in total. The van der Waals surface area contributed by atoms with E-state index in [1.807, 2.05) is 27.7 Å². The van der Waals surface area contributed by atoms with E-state index < -0.39 is 5.97 Å². The molecule has 0 aliphatic carbocycles. The summed E-state index contributed by atoms with van der Waals surface area (Å²) in [6.45, 7) is 9.90. The Bertz CT molecular complexity index is 884. The second kappa shape index (κ2) is 9.40. The third-order valence-corrected chi connectivity index (χ3v) is 4.37. The van der Waals surface area contributed by atoms with Crippen LogP contribution in [0.2, 0.25) is 0 Å². The number of halogens is 1. The molecule has 0 unspecified atom stereocenters. The number of ether oxygens (including phenoxy) is 1. The Balaban J connectivity index is 2.95. The number of esters is 1. The molecule has 2 rings (SSSR count). The predicted octanol–water partition coefficient (Wildman–Crippen LogP) is 5.52. The van der Waals surface area contributed by atoms with E-state index in [1.54, 1.807) is 25.1 Å². The fraction of sp³-hybridized carbons (Fsp3) is 0.348. The van der Waals surface area contributed by atoms with Gasteiger partial charge in [-0.05, 0) is 60.7 Å². The zero-order chi connectivity index (χ0) is 20.8. The fourth-order valence-electron chi connectivity index (χ4n) is 3.20. The minimum atomic E-state index is -0.422. The van der Waals surface area contributed by atoms with Crippen LogP contribution in [0, 0.1) is 5.82 Å². The van der Waals surface area contributed by atoms with E-state index in [0.717, 1.165) is 5.56 Å². The van der Waals surface area contributed by atoms with E-state index >= 15 is 0 Å². The van der Waals surface area contributed by atoms with Crippen LogP contribution < -0.4 is 0 Å². The summed E-state index contributed by atoms with van der Waals surface area (Å²) >= 11 is 0. The van der Waals surface area contributed by atoms with E-state index in [4.69, 9.17) is 9.72 Å². The first-order chi connectivity index (χ1) is 13.3. The Morgan fingerprint density at radius 2 is 1.79 bits per heavy atom. The van der Waals surface area contributed by atoms with E-state index in [-0.39, 0.29) is 24.3 Å². The maximum absolute atomic E-state index is 13.4. The van der Waals surface area contributed by atoms with Crippen molar-refractivity contribution in [2.24, 2.45) is 0 Å². The number of aldehydes is 1. The molecule has 2 aromatic rings. The number of aromatic nitrogens is 1. The van der Waals surface area contributed by atoms with Crippen LogP contribution in [0.3, 0.4) is 0 Å². The van der Waals surface area contributed by atoms with Crippen molar-refractivity contribution in [3.63, 3.8) is 0 Å². The Hall–Kier alpha value is -2.82. The molecule has 0 fully saturated rings. The summed E-state index contributed by atoms with van der Waals surface area (Å²) in [5.74, 6) is -0.815. The first-order valence-electron chi connectivity index (χ1n) is 9.44. The molecule has 0 aliphatic rings. The number of allylic oxidation sites excluding steroid dienone is 1. The Morgan fingerprint density at radius 3 is 2.29 bits per heavy atom. The van der Waals surface area contributed by atoms with Crippen LogP contribution in [0.4, 0.5) is 4.39 Å². The summed E-state index contributed by atoms with van der Waals surface area (Å²) in [5.41, 5.74) is 3.84. The van der Waals surface area contributed by atoms with Crippen LogP contribution >= 0.6 is 0 Å². The van der Waals surface area contributed by atoms with Gasteiger partial charge in [0, 0.05) is 11.1 Å². The summed E-state index contributed by atoms with van der Waals surface area (Å²) in [6.07, 6.45) is 3.71. The largest absolute Gasteiger partial charge is 0.462 e. The zero-order valence-corrected chi connectivity index (χ0v) is 17.0. The van der Waals surface area contributed by atoms with Gasteiger partial charge in [0.15, 0.2) is 0 Å². The minimum absolute atomic E-state index is 0.0228. The van der Waals surface area contributed by atoms with Crippen molar-refractivity contribution in [2.75, 3.05) is 6.61 Å². The molecular formula is C23H26FNO3. The van der Waals surface area contributed by atoms with E-state index in [2.05, 4.69) is 0 Å². The maximum atomic E-state index is 13.4. The Kier molecular flexibility index (Phi) is 7.21. The number of benzene rings is 1. The van der Waals surface area contributed by atoms with Crippen LogP contribution in [0.25, 0.3) is 17.3 Å². The molecule has 0 amide bonds. The molecule has 0 atom stereocenters. The average Bonchev–Trinajstić information content (AvgIpc) is 2.65. The monoisotopic (exact) mass is 383 g/mol. The van der Waals surface area contributed by atoms with Gasteiger partial charge in [-0.1, -0.05) is 27.7 Å². The van der Waals surface area contributed by atoms with Gasteiger partial charge in [0.25, 0.3) is 0 Å².